The van der Waals surface area contributed by atoms with Gasteiger partial charge >= 0.3 is 5.97 Å². The largest absolute Gasteiger partial charge is 0.457 e. The van der Waals surface area contributed by atoms with Crippen molar-refractivity contribution in [3.63, 3.8) is 0 Å². The summed E-state index contributed by atoms with van der Waals surface area (Å²) in [5.74, 6) is -0.400. The maximum absolute atomic E-state index is 13.3. The first-order valence-electron chi connectivity index (χ1n) is 13.4. The molecule has 1 aliphatic heterocycles. The van der Waals surface area contributed by atoms with Crippen molar-refractivity contribution in [2.45, 2.75) is 116 Å². The van der Waals surface area contributed by atoms with E-state index < -0.39 is 14.3 Å². The van der Waals surface area contributed by atoms with Crippen molar-refractivity contribution in [1.82, 2.24) is 4.90 Å². The summed E-state index contributed by atoms with van der Waals surface area (Å²) >= 11 is 0. The quantitative estimate of drug-likeness (QED) is 0.194. The molecule has 1 aromatic carbocycles. The molecular formula is C29H45NO4Si. The maximum atomic E-state index is 13.3. The highest BCUT2D eigenvalue weighted by molar-refractivity contribution is 6.77. The van der Waals surface area contributed by atoms with Crippen molar-refractivity contribution in [3.05, 3.63) is 47.7 Å². The van der Waals surface area contributed by atoms with Gasteiger partial charge in [-0.1, -0.05) is 85.7 Å². The predicted octanol–water partition coefficient (Wildman–Crippen LogP) is 6.64. The highest BCUT2D eigenvalue weighted by Gasteiger charge is 2.50. The lowest BCUT2D eigenvalue weighted by atomic mass is 9.89. The van der Waals surface area contributed by atoms with E-state index in [1.54, 1.807) is 6.20 Å². The van der Waals surface area contributed by atoms with Crippen LogP contribution in [0.1, 0.15) is 80.2 Å². The van der Waals surface area contributed by atoms with Gasteiger partial charge in [0.25, 0.3) is 0 Å². The maximum Gasteiger partial charge on any atom is 0.343 e. The van der Waals surface area contributed by atoms with Crippen LogP contribution in [0.15, 0.2) is 42.1 Å². The number of ether oxygens (including phenoxy) is 1. The number of Topliss-reactive ketones (excluding diaryl/α,β-unsaturated/α-hetero) is 1. The molecule has 1 saturated carbocycles. The first kappa shape index (κ1) is 27.7. The van der Waals surface area contributed by atoms with E-state index in [1.165, 1.54) is 0 Å². The second kappa shape index (κ2) is 11.4. The Morgan fingerprint density at radius 1 is 0.971 bits per heavy atom. The molecule has 2 aliphatic rings. The molecule has 0 amide bonds. The Hall–Kier alpha value is -1.92. The van der Waals surface area contributed by atoms with Crippen LogP contribution in [0.4, 0.5) is 0 Å². The molecule has 0 bridgehead atoms. The molecule has 0 N–H and O–H groups in total. The number of carbonyl (C=O) groups excluding carboxylic acids is 2. The summed E-state index contributed by atoms with van der Waals surface area (Å²) in [5.41, 5.74) is 2.49. The van der Waals surface area contributed by atoms with E-state index in [0.717, 1.165) is 18.4 Å². The summed E-state index contributed by atoms with van der Waals surface area (Å²) in [4.78, 5) is 28.5. The topological polar surface area (TPSA) is 55.8 Å². The van der Waals surface area contributed by atoms with Gasteiger partial charge in [-0.3, -0.25) is 4.79 Å². The zero-order valence-electron chi connectivity index (χ0n) is 22.9. The summed E-state index contributed by atoms with van der Waals surface area (Å²) < 4.78 is 12.8. The van der Waals surface area contributed by atoms with Crippen LogP contribution >= 0.6 is 0 Å². The van der Waals surface area contributed by atoms with Gasteiger partial charge in [0.2, 0.25) is 8.32 Å². The van der Waals surface area contributed by atoms with Gasteiger partial charge in [-0.2, -0.15) is 0 Å². The third-order valence-electron chi connectivity index (χ3n) is 7.84. The fourth-order valence-electron chi connectivity index (χ4n) is 6.03. The van der Waals surface area contributed by atoms with Crippen LogP contribution in [0, 0.1) is 5.92 Å². The molecule has 2 atom stereocenters. The molecule has 1 heterocycles. The molecular weight excluding hydrogens is 454 g/mol. The van der Waals surface area contributed by atoms with Gasteiger partial charge in [0.05, 0.1) is 12.1 Å². The monoisotopic (exact) mass is 499 g/mol. The molecule has 5 nitrogen and oxygen atoms in total. The number of benzene rings is 1. The average molecular weight is 500 g/mol. The van der Waals surface area contributed by atoms with Crippen LogP contribution in [0.5, 0.6) is 0 Å². The minimum Gasteiger partial charge on any atom is -0.457 e. The molecule has 194 valence electrons. The molecule has 1 aromatic rings. The van der Waals surface area contributed by atoms with Crippen molar-refractivity contribution in [1.29, 1.82) is 0 Å². The van der Waals surface area contributed by atoms with Gasteiger partial charge in [0.1, 0.15) is 12.2 Å². The van der Waals surface area contributed by atoms with Gasteiger partial charge < -0.3 is 14.1 Å². The second-order valence-electron chi connectivity index (χ2n) is 11.6. The fraction of sp³-hybridized carbons (Fsp3) is 0.655. The Morgan fingerprint density at radius 3 is 2.03 bits per heavy atom. The number of nitrogens with zero attached hydrogens (tertiary/aromatic N) is 1. The molecule has 0 radical (unpaired) electrons. The lowest BCUT2D eigenvalue weighted by Crippen LogP contribution is -2.57. The van der Waals surface area contributed by atoms with Gasteiger partial charge in [0, 0.05) is 18.7 Å². The first-order valence-corrected chi connectivity index (χ1v) is 15.5. The molecule has 3 rings (SSSR count). The molecule has 0 aromatic heterocycles. The zero-order valence-corrected chi connectivity index (χ0v) is 23.9. The lowest BCUT2D eigenvalue weighted by Gasteiger charge is -2.49. The third kappa shape index (κ3) is 6.08. The average Bonchev–Trinajstić information content (AvgIpc) is 3.63. The Morgan fingerprint density at radius 2 is 1.54 bits per heavy atom. The summed E-state index contributed by atoms with van der Waals surface area (Å²) in [6.07, 6.45) is 4.20. The normalized spacial score (nSPS) is 20.1. The summed E-state index contributed by atoms with van der Waals surface area (Å²) in [5, 5.41) is 0. The summed E-state index contributed by atoms with van der Waals surface area (Å²) in [6.45, 7) is 18.4. The van der Waals surface area contributed by atoms with E-state index in [-0.39, 0.29) is 36.0 Å². The van der Waals surface area contributed by atoms with Crippen LogP contribution in [0.2, 0.25) is 16.6 Å². The van der Waals surface area contributed by atoms with Gasteiger partial charge in [-0.15, -0.1) is 0 Å². The Labute approximate surface area is 213 Å². The molecule has 35 heavy (non-hydrogen) atoms. The van der Waals surface area contributed by atoms with Crippen molar-refractivity contribution < 1.29 is 18.8 Å². The van der Waals surface area contributed by atoms with Gasteiger partial charge in [0.15, 0.2) is 5.78 Å². The standard InChI is InChI=1S/C29H45NO4Si/c1-19(2)28(34-35(20(3)4,21(5)6)22(7)8)26-16-27(31)25(17-30(26)24-14-15-24)29(32)33-18-23-12-10-9-11-13-23/h9-13,17,19-22,24,26,28H,14-16,18H2,1-8H3/t26?,28-/m1/s1. The van der Waals surface area contributed by atoms with E-state index in [4.69, 9.17) is 9.16 Å². The molecule has 1 fully saturated rings. The van der Waals surface area contributed by atoms with E-state index in [2.05, 4.69) is 60.3 Å². The predicted molar refractivity (Wildman–Crippen MR) is 143 cm³/mol. The van der Waals surface area contributed by atoms with Crippen molar-refractivity contribution in [2.24, 2.45) is 5.92 Å². The molecule has 1 aliphatic carbocycles. The number of hydrogen-bond donors (Lipinski definition) is 0. The molecule has 6 heteroatoms. The Balaban J connectivity index is 1.87. The van der Waals surface area contributed by atoms with E-state index >= 15 is 0 Å². The van der Waals surface area contributed by atoms with Crippen LogP contribution < -0.4 is 0 Å². The smallest absolute Gasteiger partial charge is 0.343 e. The highest BCUT2D eigenvalue weighted by Crippen LogP contribution is 2.45. The van der Waals surface area contributed by atoms with Crippen LogP contribution in [0.3, 0.4) is 0 Å². The van der Waals surface area contributed by atoms with Crippen molar-refractivity contribution in [3.8, 4) is 0 Å². The fourth-order valence-corrected chi connectivity index (χ4v) is 11.7. The SMILES string of the molecule is CC(C)[C@@H](O[Si](C(C)C)(C(C)C)C(C)C)C1CC(=O)C(C(=O)OCc2ccccc2)=CN1C1CC1. The van der Waals surface area contributed by atoms with Crippen LogP contribution in [-0.4, -0.2) is 43.2 Å². The minimum absolute atomic E-state index is 0.0520. The summed E-state index contributed by atoms with van der Waals surface area (Å²) in [7, 11) is -2.14. The number of ketones is 1. The molecule has 0 saturated heterocycles. The second-order valence-corrected chi connectivity index (χ2v) is 17.0. The number of hydrogen-bond acceptors (Lipinski definition) is 5. The Bertz CT molecular complexity index is 883. The van der Waals surface area contributed by atoms with Crippen molar-refractivity contribution in [2.75, 3.05) is 0 Å². The molecule has 1 unspecified atom stereocenters. The molecule has 0 spiro atoms. The van der Waals surface area contributed by atoms with Crippen LogP contribution in [0.25, 0.3) is 0 Å². The number of esters is 1. The summed E-state index contributed by atoms with van der Waals surface area (Å²) in [6, 6.07) is 9.88. The van der Waals surface area contributed by atoms with E-state index in [0.29, 0.717) is 29.1 Å². The van der Waals surface area contributed by atoms with Crippen LogP contribution in [-0.2, 0) is 25.4 Å². The highest BCUT2D eigenvalue weighted by atomic mass is 28.4. The first-order chi connectivity index (χ1) is 16.5. The third-order valence-corrected chi connectivity index (χ3v) is 13.9. The van der Waals surface area contributed by atoms with Gasteiger partial charge in [-0.25, -0.2) is 4.79 Å². The van der Waals surface area contributed by atoms with Gasteiger partial charge in [-0.05, 0) is 40.9 Å². The van der Waals surface area contributed by atoms with E-state index in [9.17, 15) is 9.59 Å². The number of rotatable bonds is 11. The number of carbonyl (C=O) groups is 2. The lowest BCUT2D eigenvalue weighted by molar-refractivity contribution is -0.142. The van der Waals surface area contributed by atoms with Crippen molar-refractivity contribution >= 4 is 20.1 Å². The minimum atomic E-state index is -2.14. The Kier molecular flexibility index (Phi) is 9.03. The zero-order chi connectivity index (χ0) is 25.9. The van der Waals surface area contributed by atoms with E-state index in [1.807, 2.05) is 30.3 Å².